The third kappa shape index (κ3) is 5.04. The Morgan fingerprint density at radius 1 is 0.909 bits per heavy atom. The number of allylic oxidation sites excluding steroid dienone is 8. The van der Waals surface area contributed by atoms with Crippen molar-refractivity contribution in [1.82, 2.24) is 0 Å². The number of fused-ring (bicyclic) bond motifs is 2. The van der Waals surface area contributed by atoms with E-state index in [0.29, 0.717) is 0 Å². The van der Waals surface area contributed by atoms with Gasteiger partial charge in [0.1, 0.15) is 6.54 Å². The Bertz CT molecular complexity index is 1650. The molecule has 3 aliphatic rings. The van der Waals surface area contributed by atoms with Gasteiger partial charge in [-0.05, 0) is 76.3 Å². The highest BCUT2D eigenvalue weighted by molar-refractivity contribution is 6.04. The number of carboxylic acids is 1. The van der Waals surface area contributed by atoms with Gasteiger partial charge >= 0.3 is 11.9 Å². The van der Waals surface area contributed by atoms with E-state index in [4.69, 9.17) is 4.74 Å². The molecule has 0 saturated heterocycles. The molecule has 2 aliphatic heterocycles. The van der Waals surface area contributed by atoms with Crippen LogP contribution in [0.2, 0.25) is 0 Å². The van der Waals surface area contributed by atoms with Gasteiger partial charge in [-0.2, -0.15) is 4.58 Å². The highest BCUT2D eigenvalue weighted by Gasteiger charge is 2.50. The third-order valence-electron chi connectivity index (χ3n) is 9.60. The lowest BCUT2D eigenvalue weighted by Crippen LogP contribution is -2.42. The minimum atomic E-state index is -1.70. The van der Waals surface area contributed by atoms with Gasteiger partial charge in [0.2, 0.25) is 5.69 Å². The maximum Gasteiger partial charge on any atom is 0.324 e. The van der Waals surface area contributed by atoms with E-state index in [-0.39, 0.29) is 30.3 Å². The van der Waals surface area contributed by atoms with Crippen LogP contribution in [-0.4, -0.2) is 47.0 Å². The second-order valence-corrected chi connectivity index (χ2v) is 13.0. The molecule has 5 rings (SSSR count). The zero-order chi connectivity index (χ0) is 31.9. The normalized spacial score (nSPS) is 23.7. The molecule has 0 saturated carbocycles. The van der Waals surface area contributed by atoms with Crippen LogP contribution in [0.4, 0.5) is 11.4 Å². The molecule has 0 aromatic heterocycles. The molecule has 1 atom stereocenters. The van der Waals surface area contributed by atoms with Crippen LogP contribution in [-0.2, 0) is 25.2 Å². The molecule has 1 aliphatic carbocycles. The minimum Gasteiger partial charge on any atom is -0.480 e. The summed E-state index contributed by atoms with van der Waals surface area (Å²) in [4.78, 5) is 28.6. The highest BCUT2D eigenvalue weighted by Crippen LogP contribution is 2.48. The second-order valence-electron chi connectivity index (χ2n) is 13.0. The first-order chi connectivity index (χ1) is 20.9. The number of esters is 1. The molecule has 0 amide bonds. The molecule has 6 heteroatoms. The van der Waals surface area contributed by atoms with Crippen LogP contribution in [0.25, 0.3) is 0 Å². The molecule has 2 aromatic rings. The van der Waals surface area contributed by atoms with Crippen molar-refractivity contribution < 1.29 is 24.0 Å². The summed E-state index contributed by atoms with van der Waals surface area (Å²) in [5, 5.41) is 10.5. The van der Waals surface area contributed by atoms with Gasteiger partial charge in [0.15, 0.2) is 11.1 Å². The highest BCUT2D eigenvalue weighted by atomic mass is 16.5. The Hall–Kier alpha value is -4.19. The fourth-order valence-electron chi connectivity index (χ4n) is 7.30. The summed E-state index contributed by atoms with van der Waals surface area (Å²) in [6, 6.07) is 16.9. The molecule has 0 spiro atoms. The molecular weight excluding hydrogens is 548 g/mol. The van der Waals surface area contributed by atoms with E-state index in [9.17, 15) is 14.7 Å². The number of carboxylic acid groups (broad SMARTS) is 1. The minimum absolute atomic E-state index is 0.0659. The second kappa shape index (κ2) is 11.7. The number of rotatable bonds is 8. The van der Waals surface area contributed by atoms with E-state index in [1.807, 2.05) is 18.2 Å². The fourth-order valence-corrected chi connectivity index (χ4v) is 7.30. The van der Waals surface area contributed by atoms with Crippen molar-refractivity contribution in [3.05, 3.63) is 107 Å². The van der Waals surface area contributed by atoms with Crippen LogP contribution in [0.15, 0.2) is 95.8 Å². The molecule has 6 nitrogen and oxygen atoms in total. The molecule has 44 heavy (non-hydrogen) atoms. The summed E-state index contributed by atoms with van der Waals surface area (Å²) < 4.78 is 7.69. The van der Waals surface area contributed by atoms with E-state index in [2.05, 4.69) is 112 Å². The number of ether oxygens (including phenoxy) is 1. The number of nitrogens with zero attached hydrogens (tertiary/aromatic N) is 2. The van der Waals surface area contributed by atoms with Crippen molar-refractivity contribution in [3.8, 4) is 0 Å². The van der Waals surface area contributed by atoms with Gasteiger partial charge in [0.05, 0.1) is 12.0 Å². The van der Waals surface area contributed by atoms with Gasteiger partial charge < -0.3 is 14.7 Å². The average Bonchev–Trinajstić information content (AvgIpc) is 3.36. The number of benzene rings is 2. The van der Waals surface area contributed by atoms with E-state index >= 15 is 0 Å². The number of hydrogen-bond donors (Lipinski definition) is 1. The van der Waals surface area contributed by atoms with Gasteiger partial charge in [-0.1, -0.05) is 68.5 Å². The van der Waals surface area contributed by atoms with E-state index in [1.165, 1.54) is 22.5 Å². The van der Waals surface area contributed by atoms with Crippen molar-refractivity contribution >= 4 is 29.0 Å². The van der Waals surface area contributed by atoms with Crippen LogP contribution in [0, 0.1) is 5.41 Å². The fraction of sp³-hybridized carbons (Fsp3) is 0.395. The molecule has 230 valence electrons. The summed E-state index contributed by atoms with van der Waals surface area (Å²) in [5.41, 5.74) is 6.61. The summed E-state index contributed by atoms with van der Waals surface area (Å²) in [7, 11) is 0. The quantitative estimate of drug-likeness (QED) is 0.194. The number of para-hydroxylation sites is 2. The molecule has 2 aromatic carbocycles. The van der Waals surface area contributed by atoms with Gasteiger partial charge in [0.25, 0.3) is 0 Å². The van der Waals surface area contributed by atoms with Gasteiger partial charge in [-0.15, -0.1) is 0 Å². The Morgan fingerprint density at radius 3 is 2.25 bits per heavy atom. The smallest absolute Gasteiger partial charge is 0.324 e. The monoisotopic (exact) mass is 593 g/mol. The van der Waals surface area contributed by atoms with Crippen LogP contribution >= 0.6 is 0 Å². The average molecular weight is 594 g/mol. The van der Waals surface area contributed by atoms with E-state index in [0.717, 1.165) is 35.6 Å². The van der Waals surface area contributed by atoms with Crippen molar-refractivity contribution in [2.75, 3.05) is 24.6 Å². The van der Waals surface area contributed by atoms with E-state index in [1.54, 1.807) is 6.92 Å². The number of anilines is 1. The number of aliphatic carboxylic acids is 1. The van der Waals surface area contributed by atoms with Crippen LogP contribution in [0.3, 0.4) is 0 Å². The first-order valence-electron chi connectivity index (χ1n) is 15.7. The molecule has 1 N–H and O–H groups in total. The lowest BCUT2D eigenvalue weighted by molar-refractivity contribution is -0.433. The van der Waals surface area contributed by atoms with Crippen LogP contribution < -0.4 is 4.90 Å². The molecule has 2 heterocycles. The molecule has 1 unspecified atom stereocenters. The number of hydrogen-bond acceptors (Lipinski definition) is 4. The third-order valence-corrected chi connectivity index (χ3v) is 9.60. The predicted molar refractivity (Wildman–Crippen MR) is 177 cm³/mol. The van der Waals surface area contributed by atoms with Crippen LogP contribution in [0.5, 0.6) is 0 Å². The van der Waals surface area contributed by atoms with Crippen molar-refractivity contribution in [1.29, 1.82) is 0 Å². The Kier molecular flexibility index (Phi) is 8.32. The maximum absolute atomic E-state index is 13.4. The molecular formula is C38H45N2O4+. The van der Waals surface area contributed by atoms with Crippen LogP contribution in [0.1, 0.15) is 72.4 Å². The van der Waals surface area contributed by atoms with Gasteiger partial charge in [-0.25, -0.2) is 0 Å². The summed E-state index contributed by atoms with van der Waals surface area (Å²) in [5.74, 6) is -1.85. The van der Waals surface area contributed by atoms with Crippen molar-refractivity contribution in [3.63, 3.8) is 0 Å². The van der Waals surface area contributed by atoms with Gasteiger partial charge in [0, 0.05) is 41.1 Å². The first-order valence-corrected chi connectivity index (χ1v) is 15.7. The van der Waals surface area contributed by atoms with Gasteiger partial charge in [-0.3, -0.25) is 9.59 Å². The molecule has 0 radical (unpaired) electrons. The number of carbonyl (C=O) groups excluding carboxylic acids is 1. The maximum atomic E-state index is 13.4. The molecule has 0 fully saturated rings. The topological polar surface area (TPSA) is 69.9 Å². The Balaban J connectivity index is 1.60. The largest absolute Gasteiger partial charge is 0.480 e. The lowest BCUT2D eigenvalue weighted by Gasteiger charge is -2.32. The standard InChI is InChI=1S/C38H44N2O4/c1-8-39-30-17-13-11-15-28(30)36(4,5)32(39)21-19-26-23-27(25-38(24-26,34(41)42)35(43)44-10-3)20-22-33-37(6,7)29-16-12-14-18-31(29)40(33)9-2/h11-23H,8-10,24-25H2,1-7H3/p+1. The number of carbonyl (C=O) groups is 2. The Morgan fingerprint density at radius 2 is 1.59 bits per heavy atom. The zero-order valence-corrected chi connectivity index (χ0v) is 27.1. The molecule has 0 bridgehead atoms. The van der Waals surface area contributed by atoms with Crippen molar-refractivity contribution in [2.45, 2.75) is 72.1 Å². The first kappa shape index (κ1) is 31.2. The summed E-state index contributed by atoms with van der Waals surface area (Å²) >= 11 is 0. The van der Waals surface area contributed by atoms with E-state index < -0.39 is 17.4 Å². The predicted octanol–water partition coefficient (Wildman–Crippen LogP) is 7.62. The zero-order valence-electron chi connectivity index (χ0n) is 27.1. The van der Waals surface area contributed by atoms with Crippen molar-refractivity contribution in [2.24, 2.45) is 5.41 Å². The number of likely N-dealkylation sites (N-methyl/N-ethyl adjacent to an activating group) is 1. The Labute approximate surface area is 261 Å². The lowest BCUT2D eigenvalue weighted by atomic mass is 9.71. The summed E-state index contributed by atoms with van der Waals surface area (Å²) in [6.07, 6.45) is 10.4. The summed E-state index contributed by atoms with van der Waals surface area (Å²) in [6.45, 7) is 16.6. The SMILES string of the molecule is CCOC(=O)C1(C(=O)O)CC(/C=C/C2=[N+](CC)c3ccccc3C2(C)C)=CC(=C/C=C2/N(CC)c3ccccc3C2(C)C)/C1.